The number of fused-ring (bicyclic) bond motifs is 1. The molecule has 13 heavy (non-hydrogen) atoms. The van der Waals surface area contributed by atoms with Crippen molar-refractivity contribution in [2.24, 2.45) is 0 Å². The first-order valence-electron chi connectivity index (χ1n) is 3.83. The van der Waals surface area contributed by atoms with Crippen molar-refractivity contribution < 1.29 is 4.79 Å². The van der Waals surface area contributed by atoms with Crippen LogP contribution in [0.1, 0.15) is 16.8 Å². The van der Waals surface area contributed by atoms with Crippen molar-refractivity contribution in [1.82, 2.24) is 0 Å². The smallest absolute Gasteiger partial charge is 0.164 e. The first-order valence-corrected chi connectivity index (χ1v) is 5.57. The number of carbonyl (C=O) groups excluding carboxylic acids is 1. The second-order valence-electron chi connectivity index (χ2n) is 2.79. The average Bonchev–Trinajstić information content (AvgIpc) is 2.07. The van der Waals surface area contributed by atoms with Gasteiger partial charge in [0.25, 0.3) is 0 Å². The Bertz CT molecular complexity index is 376. The van der Waals surface area contributed by atoms with Gasteiger partial charge in [0.1, 0.15) is 0 Å². The van der Waals surface area contributed by atoms with Gasteiger partial charge >= 0.3 is 0 Å². The number of halogens is 2. The summed E-state index contributed by atoms with van der Waals surface area (Å²) in [7, 11) is 0. The number of carbonyl (C=O) groups is 1. The van der Waals surface area contributed by atoms with E-state index in [1.807, 2.05) is 0 Å². The Morgan fingerprint density at radius 3 is 2.85 bits per heavy atom. The number of thioether (sulfide) groups is 1. The molecule has 0 fully saturated rings. The van der Waals surface area contributed by atoms with Gasteiger partial charge in [-0.1, -0.05) is 23.2 Å². The molecule has 0 aromatic heterocycles. The van der Waals surface area contributed by atoms with Crippen molar-refractivity contribution in [3.63, 3.8) is 0 Å². The molecule has 4 heteroatoms. The van der Waals surface area contributed by atoms with E-state index in [0.717, 1.165) is 10.6 Å². The molecule has 0 aliphatic carbocycles. The van der Waals surface area contributed by atoms with Crippen LogP contribution < -0.4 is 0 Å². The fourth-order valence-corrected chi connectivity index (χ4v) is 2.97. The lowest BCUT2D eigenvalue weighted by atomic mass is 10.1. The summed E-state index contributed by atoms with van der Waals surface area (Å²) in [6.07, 6.45) is 0.578. The Hall–Kier alpha value is -0.180. The summed E-state index contributed by atoms with van der Waals surface area (Å²) in [4.78, 5) is 12.3. The highest BCUT2D eigenvalue weighted by molar-refractivity contribution is 7.99. The maximum atomic E-state index is 11.5. The van der Waals surface area contributed by atoms with Crippen LogP contribution in [0.2, 0.25) is 10.0 Å². The van der Waals surface area contributed by atoms with Gasteiger partial charge in [-0.3, -0.25) is 4.79 Å². The molecule has 2 rings (SSSR count). The molecule has 0 saturated carbocycles. The lowest BCUT2D eigenvalue weighted by Crippen LogP contribution is -2.08. The van der Waals surface area contributed by atoms with Crippen LogP contribution in [-0.2, 0) is 0 Å². The number of ketones is 1. The van der Waals surface area contributed by atoms with Crippen molar-refractivity contribution in [3.05, 3.63) is 27.7 Å². The fraction of sp³-hybridized carbons (Fsp3) is 0.222. The third-order valence-electron chi connectivity index (χ3n) is 1.88. The normalized spacial score (nSPS) is 15.7. The van der Waals surface area contributed by atoms with Gasteiger partial charge in [-0.25, -0.2) is 0 Å². The zero-order valence-electron chi connectivity index (χ0n) is 6.64. The quantitative estimate of drug-likeness (QED) is 0.680. The molecule has 1 aliphatic heterocycles. The number of Topliss-reactive ketones (excluding diaryl/α,β-unsaturated/α-hetero) is 1. The van der Waals surface area contributed by atoms with E-state index in [9.17, 15) is 4.79 Å². The summed E-state index contributed by atoms with van der Waals surface area (Å²) in [5.41, 5.74) is 0.675. The lowest BCUT2D eigenvalue weighted by molar-refractivity contribution is 0.0985. The highest BCUT2D eigenvalue weighted by atomic mass is 35.5. The molecule has 0 spiro atoms. The molecule has 1 aliphatic rings. The number of rotatable bonds is 0. The maximum Gasteiger partial charge on any atom is 0.164 e. The van der Waals surface area contributed by atoms with Crippen LogP contribution >= 0.6 is 35.0 Å². The van der Waals surface area contributed by atoms with E-state index in [2.05, 4.69) is 0 Å². The monoisotopic (exact) mass is 232 g/mol. The van der Waals surface area contributed by atoms with Gasteiger partial charge < -0.3 is 0 Å². The predicted molar refractivity (Wildman–Crippen MR) is 56.1 cm³/mol. The molecule has 0 saturated heterocycles. The Balaban J connectivity index is 2.63. The van der Waals surface area contributed by atoms with E-state index in [-0.39, 0.29) is 5.78 Å². The van der Waals surface area contributed by atoms with Crippen molar-refractivity contribution >= 4 is 40.7 Å². The zero-order valence-corrected chi connectivity index (χ0v) is 8.97. The molecule has 0 amide bonds. The van der Waals surface area contributed by atoms with E-state index in [4.69, 9.17) is 23.2 Å². The van der Waals surface area contributed by atoms with Crippen LogP contribution in [0.5, 0.6) is 0 Å². The van der Waals surface area contributed by atoms with Gasteiger partial charge in [-0.05, 0) is 12.1 Å². The van der Waals surface area contributed by atoms with Gasteiger partial charge in [-0.15, -0.1) is 11.8 Å². The Morgan fingerprint density at radius 2 is 2.08 bits per heavy atom. The first kappa shape index (κ1) is 9.38. The third kappa shape index (κ3) is 1.71. The topological polar surface area (TPSA) is 17.1 Å². The molecule has 0 bridgehead atoms. The van der Waals surface area contributed by atoms with E-state index >= 15 is 0 Å². The molecule has 1 aromatic rings. The SMILES string of the molecule is O=C1CCSc2c(Cl)cc(Cl)cc21. The largest absolute Gasteiger partial charge is 0.294 e. The predicted octanol–water partition coefficient (Wildman–Crippen LogP) is 3.67. The van der Waals surface area contributed by atoms with Crippen molar-refractivity contribution in [2.75, 3.05) is 5.75 Å². The number of hydrogen-bond acceptors (Lipinski definition) is 2. The van der Waals surface area contributed by atoms with E-state index < -0.39 is 0 Å². The minimum absolute atomic E-state index is 0.137. The summed E-state index contributed by atoms with van der Waals surface area (Å²) in [5, 5.41) is 1.11. The first-order chi connectivity index (χ1) is 6.18. The van der Waals surface area contributed by atoms with Crippen LogP contribution in [0.3, 0.4) is 0 Å². The Labute approximate surface area is 90.4 Å². The second kappa shape index (κ2) is 3.52. The molecule has 1 heterocycles. The van der Waals surface area contributed by atoms with Gasteiger partial charge in [0.2, 0.25) is 0 Å². The third-order valence-corrected chi connectivity index (χ3v) is 3.65. The van der Waals surface area contributed by atoms with E-state index in [1.165, 1.54) is 0 Å². The van der Waals surface area contributed by atoms with Crippen LogP contribution in [-0.4, -0.2) is 11.5 Å². The lowest BCUT2D eigenvalue weighted by Gasteiger charge is -2.15. The van der Waals surface area contributed by atoms with E-state index in [1.54, 1.807) is 23.9 Å². The standard InChI is InChI=1S/C9H6Cl2OS/c10-5-3-6-8(12)1-2-13-9(6)7(11)4-5/h3-4H,1-2H2. The minimum Gasteiger partial charge on any atom is -0.294 e. The van der Waals surface area contributed by atoms with Gasteiger partial charge in [0.05, 0.1) is 5.02 Å². The van der Waals surface area contributed by atoms with E-state index in [0.29, 0.717) is 22.0 Å². The summed E-state index contributed by atoms with van der Waals surface area (Å²) in [5.74, 6) is 0.950. The highest BCUT2D eigenvalue weighted by Crippen LogP contribution is 2.37. The molecule has 0 N–H and O–H groups in total. The number of hydrogen-bond donors (Lipinski definition) is 0. The summed E-state index contributed by atoms with van der Waals surface area (Å²) >= 11 is 13.4. The van der Waals surface area contributed by atoms with Crippen molar-refractivity contribution in [3.8, 4) is 0 Å². The van der Waals surface area contributed by atoms with Gasteiger partial charge in [-0.2, -0.15) is 0 Å². The fourth-order valence-electron chi connectivity index (χ4n) is 1.29. The average molecular weight is 233 g/mol. The molecule has 1 nitrogen and oxygen atoms in total. The summed E-state index contributed by atoms with van der Waals surface area (Å²) in [6, 6.07) is 3.37. The molecular formula is C9H6Cl2OS. The van der Waals surface area contributed by atoms with Crippen LogP contribution in [0.15, 0.2) is 17.0 Å². The highest BCUT2D eigenvalue weighted by Gasteiger charge is 2.20. The minimum atomic E-state index is 0.137. The van der Waals surface area contributed by atoms with Crippen LogP contribution in [0, 0.1) is 0 Å². The molecular weight excluding hydrogens is 227 g/mol. The van der Waals surface area contributed by atoms with Gasteiger partial charge in [0.15, 0.2) is 5.78 Å². The Morgan fingerprint density at radius 1 is 1.31 bits per heavy atom. The summed E-state index contributed by atoms with van der Waals surface area (Å²) in [6.45, 7) is 0. The van der Waals surface area contributed by atoms with Crippen LogP contribution in [0.4, 0.5) is 0 Å². The van der Waals surface area contributed by atoms with Crippen molar-refractivity contribution in [2.45, 2.75) is 11.3 Å². The summed E-state index contributed by atoms with van der Waals surface area (Å²) < 4.78 is 0. The zero-order chi connectivity index (χ0) is 9.42. The maximum absolute atomic E-state index is 11.5. The van der Waals surface area contributed by atoms with Crippen molar-refractivity contribution in [1.29, 1.82) is 0 Å². The molecule has 0 radical (unpaired) electrons. The van der Waals surface area contributed by atoms with Crippen LogP contribution in [0.25, 0.3) is 0 Å². The number of benzene rings is 1. The molecule has 0 atom stereocenters. The molecule has 0 unspecified atom stereocenters. The Kier molecular flexibility index (Phi) is 2.54. The van der Waals surface area contributed by atoms with Gasteiger partial charge in [0, 0.05) is 27.7 Å². The molecule has 68 valence electrons. The second-order valence-corrected chi connectivity index (χ2v) is 4.73. The molecule has 1 aromatic carbocycles.